The van der Waals surface area contributed by atoms with E-state index in [0.29, 0.717) is 23.4 Å². The van der Waals surface area contributed by atoms with Gasteiger partial charge in [0.25, 0.3) is 0 Å². The molecule has 2 aliphatic rings. The first-order valence-corrected chi connectivity index (χ1v) is 11.7. The lowest BCUT2D eigenvalue weighted by atomic mass is 9.95. The molecule has 0 aromatic carbocycles. The average molecular weight is 387 g/mol. The van der Waals surface area contributed by atoms with E-state index in [-0.39, 0.29) is 0 Å². The van der Waals surface area contributed by atoms with Crippen LogP contribution in [0.2, 0.25) is 0 Å². The molecule has 0 bridgehead atoms. The maximum Gasteiger partial charge on any atom is 0.191 e. The number of nitrogens with one attached hydrogen (secondary N) is 2. The van der Waals surface area contributed by atoms with Crippen molar-refractivity contribution in [2.45, 2.75) is 76.8 Å². The summed E-state index contributed by atoms with van der Waals surface area (Å²) in [5.41, 5.74) is 0. The highest BCUT2D eigenvalue weighted by Gasteiger charge is 2.26. The molecule has 0 aromatic rings. The van der Waals surface area contributed by atoms with Gasteiger partial charge in [0, 0.05) is 53.0 Å². The molecule has 2 rings (SSSR count). The third-order valence-corrected chi connectivity index (χ3v) is 7.21. The van der Waals surface area contributed by atoms with E-state index in [1.54, 1.807) is 0 Å². The predicted octanol–water partition coefficient (Wildman–Crippen LogP) is 1.73. The molecule has 0 spiro atoms. The van der Waals surface area contributed by atoms with Gasteiger partial charge in [-0.15, -0.1) is 0 Å². The lowest BCUT2D eigenvalue weighted by molar-refractivity contribution is -0.0165. The fraction of sp³-hybridized carbons (Fsp3) is 0.947. The second kappa shape index (κ2) is 11.2. The first-order chi connectivity index (χ1) is 12.5. The van der Waals surface area contributed by atoms with Crippen molar-refractivity contribution in [3.8, 4) is 0 Å². The second-order valence-corrected chi connectivity index (χ2v) is 9.54. The van der Waals surface area contributed by atoms with Gasteiger partial charge in [0.1, 0.15) is 0 Å². The summed E-state index contributed by atoms with van der Waals surface area (Å²) >= 11 is 0. The van der Waals surface area contributed by atoms with Gasteiger partial charge in [0.15, 0.2) is 5.96 Å². The molecule has 0 amide bonds. The van der Waals surface area contributed by atoms with Crippen molar-refractivity contribution >= 4 is 16.8 Å². The molecule has 0 radical (unpaired) electrons. The van der Waals surface area contributed by atoms with E-state index in [1.165, 1.54) is 0 Å². The monoisotopic (exact) mass is 386 g/mol. The molecule has 1 heterocycles. The standard InChI is InChI=1S/C19H38N4O2S/c1-5-20-19(21-13-15(3)23-10-11-25-14-16(23)4)22-17-8-7-9-18(12-17)26(24)6-2/h15-18H,5-14H2,1-4H3,(H2,20,21,22). The molecule has 5 unspecified atom stereocenters. The Labute approximate surface area is 162 Å². The summed E-state index contributed by atoms with van der Waals surface area (Å²) in [6.07, 6.45) is 4.37. The van der Waals surface area contributed by atoms with Crippen molar-refractivity contribution in [1.82, 2.24) is 15.5 Å². The molecule has 1 saturated carbocycles. The maximum atomic E-state index is 12.2. The Balaban J connectivity index is 1.90. The van der Waals surface area contributed by atoms with Crippen molar-refractivity contribution in [3.05, 3.63) is 0 Å². The molecule has 2 N–H and O–H groups in total. The highest BCUT2D eigenvalue weighted by atomic mass is 32.2. The van der Waals surface area contributed by atoms with Crippen LogP contribution in [0.1, 0.15) is 53.4 Å². The van der Waals surface area contributed by atoms with Gasteiger partial charge >= 0.3 is 0 Å². The van der Waals surface area contributed by atoms with E-state index in [2.05, 4.69) is 36.3 Å². The van der Waals surface area contributed by atoms with Crippen LogP contribution in [0.15, 0.2) is 4.99 Å². The van der Waals surface area contributed by atoms with Crippen LogP contribution in [-0.2, 0) is 15.5 Å². The van der Waals surface area contributed by atoms with Crippen molar-refractivity contribution in [1.29, 1.82) is 0 Å². The molecule has 152 valence electrons. The van der Waals surface area contributed by atoms with Crippen LogP contribution >= 0.6 is 0 Å². The normalized spacial score (nSPS) is 30.6. The number of aliphatic imine (C=N–C) groups is 1. The molecular weight excluding hydrogens is 348 g/mol. The largest absolute Gasteiger partial charge is 0.379 e. The SMILES string of the molecule is CCNC(=NCC(C)N1CCOCC1C)NC1CCCC(S(=O)CC)C1. The predicted molar refractivity (Wildman–Crippen MR) is 110 cm³/mol. The Bertz CT molecular complexity index is 474. The number of guanidine groups is 1. The number of morpholine rings is 1. The van der Waals surface area contributed by atoms with Gasteiger partial charge in [-0.1, -0.05) is 13.3 Å². The highest BCUT2D eigenvalue weighted by molar-refractivity contribution is 7.85. The van der Waals surface area contributed by atoms with E-state index >= 15 is 0 Å². The number of rotatable bonds is 7. The maximum absolute atomic E-state index is 12.2. The zero-order valence-corrected chi connectivity index (χ0v) is 17.8. The summed E-state index contributed by atoms with van der Waals surface area (Å²) in [4.78, 5) is 7.33. The third kappa shape index (κ3) is 6.50. The fourth-order valence-corrected chi connectivity index (χ4v) is 5.33. The van der Waals surface area contributed by atoms with Gasteiger partial charge < -0.3 is 15.4 Å². The summed E-state index contributed by atoms with van der Waals surface area (Å²) in [6, 6.07) is 1.23. The Kier molecular flexibility index (Phi) is 9.36. The van der Waals surface area contributed by atoms with Gasteiger partial charge in [-0.2, -0.15) is 0 Å². The Hall–Kier alpha value is -0.660. The minimum atomic E-state index is -0.690. The highest BCUT2D eigenvalue weighted by Crippen LogP contribution is 2.23. The van der Waals surface area contributed by atoms with Crippen molar-refractivity contribution < 1.29 is 8.95 Å². The Morgan fingerprint density at radius 3 is 2.88 bits per heavy atom. The van der Waals surface area contributed by atoms with Crippen LogP contribution in [0.4, 0.5) is 0 Å². The fourth-order valence-electron chi connectivity index (χ4n) is 3.99. The summed E-state index contributed by atoms with van der Waals surface area (Å²) in [6.45, 7) is 12.8. The lowest BCUT2D eigenvalue weighted by Gasteiger charge is -2.37. The van der Waals surface area contributed by atoms with Crippen LogP contribution in [0.25, 0.3) is 0 Å². The summed E-state index contributed by atoms with van der Waals surface area (Å²) in [5.74, 6) is 1.66. The van der Waals surface area contributed by atoms with E-state index < -0.39 is 10.8 Å². The molecule has 2 fully saturated rings. The number of hydrogen-bond donors (Lipinski definition) is 2. The topological polar surface area (TPSA) is 66.0 Å². The number of nitrogens with zero attached hydrogens (tertiary/aromatic N) is 2. The summed E-state index contributed by atoms with van der Waals surface area (Å²) in [7, 11) is -0.690. The number of ether oxygens (including phenoxy) is 1. The first kappa shape index (κ1) is 21.6. The lowest BCUT2D eigenvalue weighted by Crippen LogP contribution is -2.50. The molecule has 26 heavy (non-hydrogen) atoms. The van der Waals surface area contributed by atoms with Gasteiger partial charge in [-0.05, 0) is 40.0 Å². The van der Waals surface area contributed by atoms with Crippen LogP contribution in [0.3, 0.4) is 0 Å². The van der Waals surface area contributed by atoms with Gasteiger partial charge in [0.2, 0.25) is 0 Å². The third-order valence-electron chi connectivity index (χ3n) is 5.47. The second-order valence-electron chi connectivity index (χ2n) is 7.53. The van der Waals surface area contributed by atoms with Crippen molar-refractivity contribution in [2.24, 2.45) is 4.99 Å². The van der Waals surface area contributed by atoms with Crippen molar-refractivity contribution in [3.63, 3.8) is 0 Å². The molecule has 1 saturated heterocycles. The molecule has 6 nitrogen and oxygen atoms in total. The van der Waals surface area contributed by atoms with E-state index in [4.69, 9.17) is 9.73 Å². The van der Waals surface area contributed by atoms with Crippen LogP contribution in [0, 0.1) is 0 Å². The molecule has 0 aromatic heterocycles. The Morgan fingerprint density at radius 1 is 1.38 bits per heavy atom. The van der Waals surface area contributed by atoms with E-state index in [0.717, 1.165) is 70.2 Å². The van der Waals surface area contributed by atoms with E-state index in [1.807, 2.05) is 6.92 Å². The van der Waals surface area contributed by atoms with Crippen LogP contribution in [-0.4, -0.2) is 77.0 Å². The molecule has 7 heteroatoms. The quantitative estimate of drug-likeness (QED) is 0.515. The molecule has 5 atom stereocenters. The van der Waals surface area contributed by atoms with Crippen molar-refractivity contribution in [2.75, 3.05) is 38.6 Å². The van der Waals surface area contributed by atoms with Gasteiger partial charge in [-0.3, -0.25) is 14.1 Å². The smallest absolute Gasteiger partial charge is 0.191 e. The summed E-state index contributed by atoms with van der Waals surface area (Å²) in [5, 5.41) is 7.31. The molecular formula is C19H38N4O2S. The summed E-state index contributed by atoms with van der Waals surface area (Å²) < 4.78 is 17.7. The van der Waals surface area contributed by atoms with Crippen LogP contribution < -0.4 is 10.6 Å². The Morgan fingerprint density at radius 2 is 2.19 bits per heavy atom. The van der Waals surface area contributed by atoms with Crippen LogP contribution in [0.5, 0.6) is 0 Å². The minimum Gasteiger partial charge on any atom is -0.379 e. The zero-order chi connectivity index (χ0) is 18.9. The van der Waals surface area contributed by atoms with E-state index in [9.17, 15) is 4.21 Å². The van der Waals surface area contributed by atoms with Gasteiger partial charge in [-0.25, -0.2) is 0 Å². The minimum absolute atomic E-state index is 0.335. The van der Waals surface area contributed by atoms with Gasteiger partial charge in [0.05, 0.1) is 19.8 Å². The molecule has 1 aliphatic heterocycles. The average Bonchev–Trinajstić information content (AvgIpc) is 2.66. The zero-order valence-electron chi connectivity index (χ0n) is 17.0. The number of hydrogen-bond acceptors (Lipinski definition) is 4. The molecule has 1 aliphatic carbocycles. The first-order valence-electron chi connectivity index (χ1n) is 10.3.